The molecule has 3 aliphatic heterocycles. The normalized spacial score (nSPS) is 43.6. The largest absolute Gasteiger partial charge is 0.370 e. The molecule has 0 aromatic heterocycles. The van der Waals surface area contributed by atoms with Crippen molar-refractivity contribution in [2.24, 2.45) is 0 Å². The minimum absolute atomic E-state index is 0.0210. The SMILES string of the molecule is c1ccc(C2OCC3OCC4OC4[C@H]3O2)cc1. The molecule has 4 nitrogen and oxygen atoms in total. The smallest absolute Gasteiger partial charge is 0.184 e. The first kappa shape index (κ1) is 10.0. The molecule has 0 radical (unpaired) electrons. The topological polar surface area (TPSA) is 40.2 Å². The Labute approximate surface area is 99.4 Å². The molecular formula is C13H14O4. The summed E-state index contributed by atoms with van der Waals surface area (Å²) < 4.78 is 22.8. The summed E-state index contributed by atoms with van der Waals surface area (Å²) in [6.45, 7) is 1.26. The highest BCUT2D eigenvalue weighted by Gasteiger charge is 2.55. The van der Waals surface area contributed by atoms with Gasteiger partial charge in [-0.2, -0.15) is 0 Å². The molecule has 3 aliphatic rings. The first-order chi connectivity index (χ1) is 8.42. The van der Waals surface area contributed by atoms with Gasteiger partial charge in [-0.25, -0.2) is 0 Å². The van der Waals surface area contributed by atoms with E-state index in [0.717, 1.165) is 5.56 Å². The summed E-state index contributed by atoms with van der Waals surface area (Å²) in [6, 6.07) is 9.99. The molecule has 1 aromatic carbocycles. The van der Waals surface area contributed by atoms with Crippen LogP contribution in [-0.2, 0) is 18.9 Å². The molecule has 4 unspecified atom stereocenters. The van der Waals surface area contributed by atoms with Crippen molar-refractivity contribution >= 4 is 0 Å². The molecule has 3 heterocycles. The van der Waals surface area contributed by atoms with Gasteiger partial charge in [0.2, 0.25) is 0 Å². The van der Waals surface area contributed by atoms with Crippen LogP contribution < -0.4 is 0 Å². The monoisotopic (exact) mass is 234 g/mol. The molecular weight excluding hydrogens is 220 g/mol. The Morgan fingerprint density at radius 1 is 0.824 bits per heavy atom. The van der Waals surface area contributed by atoms with Crippen LogP contribution in [-0.4, -0.2) is 37.6 Å². The summed E-state index contributed by atoms with van der Waals surface area (Å²) in [4.78, 5) is 0. The Bertz CT molecular complexity index is 407. The highest BCUT2D eigenvalue weighted by molar-refractivity contribution is 5.17. The lowest BCUT2D eigenvalue weighted by atomic mass is 10.0. The van der Waals surface area contributed by atoms with Crippen LogP contribution in [0.2, 0.25) is 0 Å². The number of rotatable bonds is 1. The summed E-state index contributed by atoms with van der Waals surface area (Å²) in [5.41, 5.74) is 1.05. The summed E-state index contributed by atoms with van der Waals surface area (Å²) in [7, 11) is 0. The average molecular weight is 234 g/mol. The maximum absolute atomic E-state index is 5.96. The number of epoxide rings is 1. The van der Waals surface area contributed by atoms with E-state index in [4.69, 9.17) is 18.9 Å². The van der Waals surface area contributed by atoms with Crippen LogP contribution in [0.5, 0.6) is 0 Å². The summed E-state index contributed by atoms with van der Waals surface area (Å²) in [5, 5.41) is 0. The molecule has 4 rings (SSSR count). The maximum Gasteiger partial charge on any atom is 0.184 e. The van der Waals surface area contributed by atoms with E-state index in [2.05, 4.69) is 0 Å². The first-order valence-corrected chi connectivity index (χ1v) is 6.01. The molecule has 90 valence electrons. The van der Waals surface area contributed by atoms with Gasteiger partial charge in [-0.05, 0) is 0 Å². The number of hydrogen-bond acceptors (Lipinski definition) is 4. The van der Waals surface area contributed by atoms with E-state index in [1.807, 2.05) is 30.3 Å². The Balaban J connectivity index is 1.53. The predicted molar refractivity (Wildman–Crippen MR) is 58.4 cm³/mol. The van der Waals surface area contributed by atoms with Crippen LogP contribution in [0.3, 0.4) is 0 Å². The summed E-state index contributed by atoms with van der Waals surface area (Å²) in [6.07, 6.45) is 0.213. The van der Waals surface area contributed by atoms with Gasteiger partial charge >= 0.3 is 0 Å². The van der Waals surface area contributed by atoms with Crippen LogP contribution in [0.4, 0.5) is 0 Å². The van der Waals surface area contributed by atoms with Crippen LogP contribution in [0.1, 0.15) is 11.9 Å². The molecule has 3 fully saturated rings. The van der Waals surface area contributed by atoms with Gasteiger partial charge in [0.1, 0.15) is 24.4 Å². The average Bonchev–Trinajstić information content (AvgIpc) is 3.19. The van der Waals surface area contributed by atoms with E-state index >= 15 is 0 Å². The van der Waals surface area contributed by atoms with Crippen LogP contribution in [0, 0.1) is 0 Å². The van der Waals surface area contributed by atoms with Crippen molar-refractivity contribution in [1.82, 2.24) is 0 Å². The zero-order chi connectivity index (χ0) is 11.2. The second kappa shape index (κ2) is 3.78. The van der Waals surface area contributed by atoms with E-state index in [1.54, 1.807) is 0 Å². The van der Waals surface area contributed by atoms with E-state index in [9.17, 15) is 0 Å². The van der Waals surface area contributed by atoms with Crippen LogP contribution in [0.15, 0.2) is 30.3 Å². The molecule has 5 atom stereocenters. The Morgan fingerprint density at radius 3 is 2.47 bits per heavy atom. The quantitative estimate of drug-likeness (QED) is 0.686. The lowest BCUT2D eigenvalue weighted by molar-refractivity contribution is -0.273. The van der Waals surface area contributed by atoms with Gasteiger partial charge in [0, 0.05) is 5.56 Å². The Kier molecular flexibility index (Phi) is 2.23. The fraction of sp³-hybridized carbons (Fsp3) is 0.538. The number of benzene rings is 1. The van der Waals surface area contributed by atoms with Gasteiger partial charge in [0.25, 0.3) is 0 Å². The molecule has 0 bridgehead atoms. The van der Waals surface area contributed by atoms with Gasteiger partial charge in [-0.1, -0.05) is 30.3 Å². The minimum Gasteiger partial charge on any atom is -0.370 e. The number of ether oxygens (including phenoxy) is 4. The third kappa shape index (κ3) is 1.68. The standard InChI is InChI=1S/C13H14O4/c1-2-4-8(5-3-1)13-15-6-9-11(17-13)12-10(16-12)7-14-9/h1-5,9-13H,6-7H2/t9?,10?,11-,12?,13?/m0/s1. The molecule has 0 spiro atoms. The fourth-order valence-corrected chi connectivity index (χ4v) is 2.56. The minimum atomic E-state index is -0.288. The molecule has 17 heavy (non-hydrogen) atoms. The highest BCUT2D eigenvalue weighted by Crippen LogP contribution is 2.40. The molecule has 0 aliphatic carbocycles. The second-order valence-corrected chi connectivity index (χ2v) is 4.69. The molecule has 4 heteroatoms. The van der Waals surface area contributed by atoms with E-state index < -0.39 is 0 Å². The van der Waals surface area contributed by atoms with Crippen molar-refractivity contribution in [2.45, 2.75) is 30.7 Å². The van der Waals surface area contributed by atoms with Crippen molar-refractivity contribution in [1.29, 1.82) is 0 Å². The van der Waals surface area contributed by atoms with Gasteiger partial charge in [0.05, 0.1) is 13.2 Å². The Hall–Kier alpha value is -0.940. The van der Waals surface area contributed by atoms with Gasteiger partial charge in [-0.15, -0.1) is 0 Å². The number of hydrogen-bond donors (Lipinski definition) is 0. The van der Waals surface area contributed by atoms with Crippen molar-refractivity contribution in [2.75, 3.05) is 13.2 Å². The fourth-order valence-electron chi connectivity index (χ4n) is 2.56. The maximum atomic E-state index is 5.96. The predicted octanol–water partition coefficient (Wildman–Crippen LogP) is 1.27. The van der Waals surface area contributed by atoms with E-state index in [0.29, 0.717) is 13.2 Å². The first-order valence-electron chi connectivity index (χ1n) is 6.01. The lowest BCUT2D eigenvalue weighted by Gasteiger charge is -2.37. The number of fused-ring (bicyclic) bond motifs is 3. The van der Waals surface area contributed by atoms with Crippen molar-refractivity contribution in [3.63, 3.8) is 0 Å². The molecule has 0 N–H and O–H groups in total. The molecule has 0 saturated carbocycles. The zero-order valence-corrected chi connectivity index (χ0v) is 9.32. The summed E-state index contributed by atoms with van der Waals surface area (Å²) >= 11 is 0. The molecule has 1 aromatic rings. The van der Waals surface area contributed by atoms with Crippen molar-refractivity contribution in [3.8, 4) is 0 Å². The Morgan fingerprint density at radius 2 is 1.59 bits per heavy atom. The van der Waals surface area contributed by atoms with Crippen LogP contribution >= 0.6 is 0 Å². The van der Waals surface area contributed by atoms with Crippen molar-refractivity contribution in [3.05, 3.63) is 35.9 Å². The molecule has 3 saturated heterocycles. The lowest BCUT2D eigenvalue weighted by Crippen LogP contribution is -2.49. The van der Waals surface area contributed by atoms with Gasteiger partial charge in [-0.3, -0.25) is 0 Å². The third-order valence-electron chi connectivity index (χ3n) is 3.55. The highest BCUT2D eigenvalue weighted by atomic mass is 16.7. The van der Waals surface area contributed by atoms with Gasteiger partial charge in [0.15, 0.2) is 6.29 Å². The van der Waals surface area contributed by atoms with Crippen molar-refractivity contribution < 1.29 is 18.9 Å². The van der Waals surface area contributed by atoms with Gasteiger partial charge < -0.3 is 18.9 Å². The van der Waals surface area contributed by atoms with E-state index in [-0.39, 0.29) is 30.7 Å². The van der Waals surface area contributed by atoms with E-state index in [1.165, 1.54) is 0 Å². The third-order valence-corrected chi connectivity index (χ3v) is 3.55. The zero-order valence-electron chi connectivity index (χ0n) is 9.32. The van der Waals surface area contributed by atoms with Crippen LogP contribution in [0.25, 0.3) is 0 Å². The second-order valence-electron chi connectivity index (χ2n) is 4.69. The summed E-state index contributed by atoms with van der Waals surface area (Å²) in [5.74, 6) is 0. The molecule has 0 amide bonds.